The Kier molecular flexibility index (Phi) is 7.45. The van der Waals surface area contributed by atoms with Gasteiger partial charge in [-0.2, -0.15) is 0 Å². The molecule has 4 nitrogen and oxygen atoms in total. The molecule has 0 fully saturated rings. The van der Waals surface area contributed by atoms with Gasteiger partial charge in [0.05, 0.1) is 0 Å². The van der Waals surface area contributed by atoms with Crippen LogP contribution in [0.4, 0.5) is 4.79 Å². The molecule has 1 aromatic carbocycles. The number of hydrogen-bond acceptors (Lipinski definition) is 4. The van der Waals surface area contributed by atoms with E-state index in [-0.39, 0.29) is 11.0 Å². The van der Waals surface area contributed by atoms with E-state index in [2.05, 4.69) is 17.4 Å². The summed E-state index contributed by atoms with van der Waals surface area (Å²) in [7, 11) is 0. The Balaban J connectivity index is 2.51. The van der Waals surface area contributed by atoms with Crippen molar-refractivity contribution < 1.29 is 14.3 Å². The number of alkyl carbamates (subject to hydrolysis) is 1. The van der Waals surface area contributed by atoms with E-state index in [0.29, 0.717) is 6.54 Å². The summed E-state index contributed by atoms with van der Waals surface area (Å²) in [6, 6.07) is 10.1. The molecule has 0 aliphatic carbocycles. The van der Waals surface area contributed by atoms with Gasteiger partial charge < -0.3 is 10.1 Å². The number of hydrogen-bond donors (Lipinski definition) is 1. The standard InChI is InChI=1S/C17H25NO3S/c1-13(19)22-12-15(14-8-6-5-7-9-14)10-11-18-16(20)21-17(2,3)4/h5-9,15H,10-12H2,1-4H3,(H,18,20). The van der Waals surface area contributed by atoms with Gasteiger partial charge >= 0.3 is 6.09 Å². The fourth-order valence-corrected chi connectivity index (χ4v) is 2.75. The molecular weight excluding hydrogens is 298 g/mol. The first-order valence-electron chi connectivity index (χ1n) is 7.43. The first kappa shape index (κ1) is 18.6. The number of nitrogens with one attached hydrogen (secondary N) is 1. The molecule has 1 rings (SSSR count). The topological polar surface area (TPSA) is 55.4 Å². The first-order chi connectivity index (χ1) is 10.3. The summed E-state index contributed by atoms with van der Waals surface area (Å²) in [6.45, 7) is 7.60. The van der Waals surface area contributed by atoms with Crippen molar-refractivity contribution >= 4 is 23.0 Å². The number of carbonyl (C=O) groups is 2. The Bertz CT molecular complexity index is 482. The molecule has 0 spiro atoms. The van der Waals surface area contributed by atoms with Crippen LogP contribution >= 0.6 is 11.8 Å². The van der Waals surface area contributed by atoms with E-state index < -0.39 is 11.7 Å². The maximum atomic E-state index is 11.7. The zero-order chi connectivity index (χ0) is 16.6. The smallest absolute Gasteiger partial charge is 0.407 e. The number of rotatable bonds is 6. The predicted octanol–water partition coefficient (Wildman–Crippen LogP) is 3.96. The highest BCUT2D eigenvalue weighted by Gasteiger charge is 2.17. The van der Waals surface area contributed by atoms with E-state index in [9.17, 15) is 9.59 Å². The van der Waals surface area contributed by atoms with Crippen LogP contribution in [0.5, 0.6) is 0 Å². The van der Waals surface area contributed by atoms with Gasteiger partial charge in [0.2, 0.25) is 0 Å². The van der Waals surface area contributed by atoms with E-state index in [0.717, 1.165) is 12.2 Å². The third-order valence-corrected chi connectivity index (χ3v) is 3.90. The predicted molar refractivity (Wildman–Crippen MR) is 91.2 cm³/mol. The molecule has 122 valence electrons. The Morgan fingerprint density at radius 1 is 1.23 bits per heavy atom. The molecule has 0 saturated heterocycles. The molecule has 0 aromatic heterocycles. The lowest BCUT2D eigenvalue weighted by atomic mass is 9.98. The lowest BCUT2D eigenvalue weighted by Gasteiger charge is -2.21. The molecule has 0 heterocycles. The maximum Gasteiger partial charge on any atom is 0.407 e. The molecule has 22 heavy (non-hydrogen) atoms. The summed E-state index contributed by atoms with van der Waals surface area (Å²) in [5.74, 6) is 0.944. The third kappa shape index (κ3) is 8.08. The highest BCUT2D eigenvalue weighted by atomic mass is 32.2. The molecule has 1 unspecified atom stereocenters. The van der Waals surface area contributed by atoms with Gasteiger partial charge in [-0.05, 0) is 38.7 Å². The van der Waals surface area contributed by atoms with Crippen LogP contribution in [0.1, 0.15) is 45.6 Å². The summed E-state index contributed by atoms with van der Waals surface area (Å²) in [5.41, 5.74) is 0.690. The second-order valence-electron chi connectivity index (χ2n) is 6.13. The van der Waals surface area contributed by atoms with Crippen LogP contribution in [-0.4, -0.2) is 29.1 Å². The van der Waals surface area contributed by atoms with Gasteiger partial charge in [0.25, 0.3) is 0 Å². The highest BCUT2D eigenvalue weighted by Crippen LogP contribution is 2.24. The van der Waals surface area contributed by atoms with Crippen LogP contribution in [0.3, 0.4) is 0 Å². The molecule has 5 heteroatoms. The zero-order valence-electron chi connectivity index (χ0n) is 13.7. The Morgan fingerprint density at radius 2 is 1.86 bits per heavy atom. The van der Waals surface area contributed by atoms with Crippen LogP contribution in [0, 0.1) is 0 Å². The number of thioether (sulfide) groups is 1. The quantitative estimate of drug-likeness (QED) is 0.861. The minimum Gasteiger partial charge on any atom is -0.444 e. The van der Waals surface area contributed by atoms with Crippen molar-refractivity contribution in [3.8, 4) is 0 Å². The van der Waals surface area contributed by atoms with E-state index in [4.69, 9.17) is 4.74 Å². The van der Waals surface area contributed by atoms with Crippen LogP contribution in [0.2, 0.25) is 0 Å². The number of benzene rings is 1. The highest BCUT2D eigenvalue weighted by molar-refractivity contribution is 8.13. The molecule has 1 aromatic rings. The van der Waals surface area contributed by atoms with Gasteiger partial charge in [-0.25, -0.2) is 4.79 Å². The third-order valence-electron chi connectivity index (χ3n) is 2.92. The van der Waals surface area contributed by atoms with Gasteiger partial charge in [0, 0.05) is 19.2 Å². The summed E-state index contributed by atoms with van der Waals surface area (Å²) in [4.78, 5) is 22.8. The fraction of sp³-hybridized carbons (Fsp3) is 0.529. The average molecular weight is 323 g/mol. The molecule has 1 N–H and O–H groups in total. The number of amides is 1. The zero-order valence-corrected chi connectivity index (χ0v) is 14.5. The van der Waals surface area contributed by atoms with Crippen LogP contribution in [-0.2, 0) is 9.53 Å². The maximum absolute atomic E-state index is 11.7. The SMILES string of the molecule is CC(=O)SCC(CCNC(=O)OC(C)(C)C)c1ccccc1. The van der Waals surface area contributed by atoms with Gasteiger partial charge in [-0.15, -0.1) is 0 Å². The number of ether oxygens (including phenoxy) is 1. The second-order valence-corrected chi connectivity index (χ2v) is 7.32. The minimum absolute atomic E-state index is 0.112. The van der Waals surface area contributed by atoms with Gasteiger partial charge in [0.15, 0.2) is 5.12 Å². The summed E-state index contributed by atoms with van der Waals surface area (Å²) < 4.78 is 5.21. The van der Waals surface area contributed by atoms with E-state index in [1.54, 1.807) is 6.92 Å². The van der Waals surface area contributed by atoms with Gasteiger partial charge in [-0.3, -0.25) is 4.79 Å². The van der Waals surface area contributed by atoms with Gasteiger partial charge in [0.1, 0.15) is 5.60 Å². The Morgan fingerprint density at radius 3 is 2.41 bits per heavy atom. The van der Waals surface area contributed by atoms with E-state index >= 15 is 0 Å². The monoisotopic (exact) mass is 323 g/mol. The Labute approximate surface area is 137 Å². The second kappa shape index (κ2) is 8.83. The van der Waals surface area contributed by atoms with Crippen LogP contribution in [0.25, 0.3) is 0 Å². The van der Waals surface area contributed by atoms with Crippen molar-refractivity contribution in [1.82, 2.24) is 5.32 Å². The van der Waals surface area contributed by atoms with Crippen molar-refractivity contribution in [2.24, 2.45) is 0 Å². The molecule has 1 amide bonds. The molecule has 1 atom stereocenters. The van der Waals surface area contributed by atoms with Gasteiger partial charge in [-0.1, -0.05) is 42.1 Å². The average Bonchev–Trinajstić information content (AvgIpc) is 2.41. The molecular formula is C17H25NO3S. The summed E-state index contributed by atoms with van der Waals surface area (Å²) in [6.07, 6.45) is 0.363. The lowest BCUT2D eigenvalue weighted by Crippen LogP contribution is -2.33. The largest absolute Gasteiger partial charge is 0.444 e. The fourth-order valence-electron chi connectivity index (χ4n) is 1.95. The lowest BCUT2D eigenvalue weighted by molar-refractivity contribution is -0.109. The van der Waals surface area contributed by atoms with E-state index in [1.807, 2.05) is 39.0 Å². The van der Waals surface area contributed by atoms with Crippen LogP contribution < -0.4 is 5.32 Å². The first-order valence-corrected chi connectivity index (χ1v) is 8.41. The molecule has 0 saturated carbocycles. The van der Waals surface area contributed by atoms with Crippen molar-refractivity contribution in [3.63, 3.8) is 0 Å². The molecule has 0 radical (unpaired) electrons. The Hall–Kier alpha value is -1.49. The van der Waals surface area contributed by atoms with Crippen LogP contribution in [0.15, 0.2) is 30.3 Å². The van der Waals surface area contributed by atoms with Crippen molar-refractivity contribution in [2.45, 2.75) is 45.6 Å². The minimum atomic E-state index is -0.493. The summed E-state index contributed by atoms with van der Waals surface area (Å²) in [5, 5.41) is 2.88. The van der Waals surface area contributed by atoms with Crippen molar-refractivity contribution in [1.29, 1.82) is 0 Å². The molecule has 0 bridgehead atoms. The normalized spacial score (nSPS) is 12.5. The van der Waals surface area contributed by atoms with Crippen molar-refractivity contribution in [3.05, 3.63) is 35.9 Å². The van der Waals surface area contributed by atoms with Crippen molar-refractivity contribution in [2.75, 3.05) is 12.3 Å². The molecule has 0 aliphatic heterocycles. The van der Waals surface area contributed by atoms with E-state index in [1.165, 1.54) is 17.3 Å². The summed E-state index contributed by atoms with van der Waals surface area (Å²) >= 11 is 1.32. The number of carbonyl (C=O) groups excluding carboxylic acids is 2. The molecule has 0 aliphatic rings.